The van der Waals surface area contributed by atoms with Gasteiger partial charge in [-0.05, 0) is 56.7 Å². The number of unbranched alkanes of at least 4 members (excludes halogenated alkanes) is 1. The summed E-state index contributed by atoms with van der Waals surface area (Å²) in [5.41, 5.74) is 0.921. The summed E-state index contributed by atoms with van der Waals surface area (Å²) in [4.78, 5) is 71.2. The highest BCUT2D eigenvalue weighted by Crippen LogP contribution is 2.35. The van der Waals surface area contributed by atoms with E-state index in [-0.39, 0.29) is 54.1 Å². The van der Waals surface area contributed by atoms with Gasteiger partial charge in [-0.15, -0.1) is 11.3 Å². The first-order valence-electron chi connectivity index (χ1n) is 17.1. The second-order valence-electron chi connectivity index (χ2n) is 13.2. The molecule has 1 saturated carbocycles. The normalized spacial score (nSPS) is 15.8. The van der Waals surface area contributed by atoms with Crippen LogP contribution < -0.4 is 16.0 Å². The van der Waals surface area contributed by atoms with Gasteiger partial charge < -0.3 is 30.3 Å². The first kappa shape index (κ1) is 39.6. The van der Waals surface area contributed by atoms with Crippen molar-refractivity contribution in [1.29, 1.82) is 0 Å². The van der Waals surface area contributed by atoms with Gasteiger partial charge in [-0.1, -0.05) is 57.5 Å². The van der Waals surface area contributed by atoms with Crippen molar-refractivity contribution >= 4 is 41.0 Å². The number of thiazole rings is 1. The van der Waals surface area contributed by atoms with Crippen molar-refractivity contribution in [3.8, 4) is 0 Å². The maximum absolute atomic E-state index is 14.0. The maximum Gasteiger partial charge on any atom is 0.328 e. The van der Waals surface area contributed by atoms with E-state index in [1.807, 2.05) is 58.2 Å². The first-order valence-corrected chi connectivity index (χ1v) is 18.0. The van der Waals surface area contributed by atoms with E-state index in [1.165, 1.54) is 14.0 Å². The maximum atomic E-state index is 14.0. The van der Waals surface area contributed by atoms with Gasteiger partial charge in [0.1, 0.15) is 22.8 Å². The van der Waals surface area contributed by atoms with E-state index in [9.17, 15) is 24.0 Å². The number of esters is 2. The number of benzene rings is 1. The predicted octanol–water partition coefficient (Wildman–Crippen LogP) is 4.06. The summed E-state index contributed by atoms with van der Waals surface area (Å²) in [6.45, 7) is 8.06. The third-order valence-electron chi connectivity index (χ3n) is 8.90. The zero-order chi connectivity index (χ0) is 36.1. The number of carbonyl (C=O) groups excluding carboxylic acids is 5. The molecule has 1 aliphatic carbocycles. The lowest BCUT2D eigenvalue weighted by Crippen LogP contribution is -2.53. The molecule has 13 heteroatoms. The summed E-state index contributed by atoms with van der Waals surface area (Å²) in [5.74, 6) is -2.12. The highest BCUT2D eigenvalue weighted by molar-refractivity contribution is 7.09. The van der Waals surface area contributed by atoms with Crippen molar-refractivity contribution < 1.29 is 33.4 Å². The molecule has 0 radical (unpaired) electrons. The molecule has 1 fully saturated rings. The van der Waals surface area contributed by atoms with Crippen molar-refractivity contribution in [2.24, 2.45) is 17.8 Å². The van der Waals surface area contributed by atoms with Crippen LogP contribution in [0.25, 0.3) is 0 Å². The summed E-state index contributed by atoms with van der Waals surface area (Å²) >= 11 is 1.16. The third-order valence-corrected chi connectivity index (χ3v) is 9.84. The number of rotatable bonds is 20. The van der Waals surface area contributed by atoms with Crippen LogP contribution in [0.15, 0.2) is 35.7 Å². The smallest absolute Gasteiger partial charge is 0.328 e. The quantitative estimate of drug-likeness (QED) is 0.137. The fraction of sp³-hybridized carbons (Fsp3) is 0.611. The van der Waals surface area contributed by atoms with Crippen molar-refractivity contribution in [1.82, 2.24) is 25.8 Å². The number of amides is 3. The van der Waals surface area contributed by atoms with E-state index in [0.717, 1.165) is 55.5 Å². The zero-order valence-corrected chi connectivity index (χ0v) is 30.6. The number of nitrogens with one attached hydrogen (secondary N) is 3. The van der Waals surface area contributed by atoms with Crippen molar-refractivity contribution in [2.45, 2.75) is 96.9 Å². The van der Waals surface area contributed by atoms with Gasteiger partial charge in [-0.3, -0.25) is 19.2 Å². The molecular weight excluding hydrogens is 646 g/mol. The number of ether oxygens (including phenoxy) is 2. The highest BCUT2D eigenvalue weighted by Gasteiger charge is 2.41. The standard InChI is InChI=1S/C36H53N5O7S/c1-22(2)29(41(6)35(45)31(26-16-17-26)40-32(43)23(3)13-11-12-18-37-5)20-30(48-24(4)42)34-39-28(21-49-34)33(44)38-27(36(46)47-7)19-25-14-9-8-10-15-25/h8-10,14-15,21-23,26-27,29-31,37H,11-13,16-20H2,1-7H3,(H,38,44)(H,40,43)/t23-,27+,29-,30-,31+/m1/s1. The fourth-order valence-corrected chi connectivity index (χ4v) is 6.67. The van der Waals surface area contributed by atoms with Crippen LogP contribution in [0, 0.1) is 17.8 Å². The van der Waals surface area contributed by atoms with Gasteiger partial charge in [-0.2, -0.15) is 0 Å². The molecule has 270 valence electrons. The van der Waals surface area contributed by atoms with Crippen molar-refractivity contribution in [2.75, 3.05) is 27.7 Å². The molecule has 3 rings (SSSR count). The van der Waals surface area contributed by atoms with E-state index in [0.29, 0.717) is 5.01 Å². The molecule has 3 amide bonds. The molecule has 0 saturated heterocycles. The minimum absolute atomic E-state index is 0.0322. The Morgan fingerprint density at radius 1 is 1.04 bits per heavy atom. The Morgan fingerprint density at radius 2 is 1.73 bits per heavy atom. The van der Waals surface area contributed by atoms with Gasteiger partial charge in [0.05, 0.1) is 7.11 Å². The molecule has 1 heterocycles. The molecule has 49 heavy (non-hydrogen) atoms. The van der Waals surface area contributed by atoms with E-state index < -0.39 is 36.0 Å². The van der Waals surface area contributed by atoms with Crippen LogP contribution in [-0.4, -0.2) is 85.4 Å². The second kappa shape index (κ2) is 19.4. The van der Waals surface area contributed by atoms with Crippen LogP contribution in [-0.2, 0) is 35.1 Å². The molecule has 2 aromatic rings. The molecule has 0 aliphatic heterocycles. The molecule has 1 aliphatic rings. The summed E-state index contributed by atoms with van der Waals surface area (Å²) in [7, 11) is 4.89. The third kappa shape index (κ3) is 12.2. The number of carbonyl (C=O) groups is 5. The summed E-state index contributed by atoms with van der Waals surface area (Å²) < 4.78 is 10.6. The minimum Gasteiger partial charge on any atom is -0.467 e. The lowest BCUT2D eigenvalue weighted by Gasteiger charge is -2.36. The van der Waals surface area contributed by atoms with Gasteiger partial charge in [0.2, 0.25) is 11.8 Å². The molecule has 0 unspecified atom stereocenters. The Bertz CT molecular complexity index is 1400. The topological polar surface area (TPSA) is 156 Å². The van der Waals surface area contributed by atoms with Crippen molar-refractivity contribution in [3.63, 3.8) is 0 Å². The van der Waals surface area contributed by atoms with E-state index in [2.05, 4.69) is 20.9 Å². The number of hydrogen-bond donors (Lipinski definition) is 3. The molecule has 0 bridgehead atoms. The van der Waals surface area contributed by atoms with Crippen LogP contribution >= 0.6 is 11.3 Å². The second-order valence-corrected chi connectivity index (χ2v) is 14.1. The summed E-state index contributed by atoms with van der Waals surface area (Å²) in [5, 5.41) is 10.8. The average molecular weight is 700 g/mol. The molecule has 0 spiro atoms. The lowest BCUT2D eigenvalue weighted by atomic mass is 9.95. The van der Waals surface area contributed by atoms with Gasteiger partial charge in [0.25, 0.3) is 5.91 Å². The Hall–Kier alpha value is -3.84. The van der Waals surface area contributed by atoms with Gasteiger partial charge in [-0.25, -0.2) is 9.78 Å². The lowest BCUT2D eigenvalue weighted by molar-refractivity contribution is -0.149. The van der Waals surface area contributed by atoms with Crippen LogP contribution in [0.2, 0.25) is 0 Å². The molecule has 1 aromatic carbocycles. The average Bonchev–Trinajstić information content (AvgIpc) is 3.80. The molecule has 3 N–H and O–H groups in total. The Labute approximate surface area is 294 Å². The van der Waals surface area contributed by atoms with Gasteiger partial charge in [0, 0.05) is 44.2 Å². The van der Waals surface area contributed by atoms with Gasteiger partial charge >= 0.3 is 11.9 Å². The van der Waals surface area contributed by atoms with Crippen LogP contribution in [0.4, 0.5) is 0 Å². The number of aromatic nitrogens is 1. The minimum atomic E-state index is -0.930. The number of likely N-dealkylation sites (N-methyl/N-ethyl adjacent to an activating group) is 1. The van der Waals surface area contributed by atoms with Crippen LogP contribution in [0.5, 0.6) is 0 Å². The predicted molar refractivity (Wildman–Crippen MR) is 188 cm³/mol. The Morgan fingerprint density at radius 3 is 2.33 bits per heavy atom. The summed E-state index contributed by atoms with van der Waals surface area (Å²) in [6.07, 6.45) is 4.03. The Kier molecular flexibility index (Phi) is 15.7. The van der Waals surface area contributed by atoms with Crippen LogP contribution in [0.3, 0.4) is 0 Å². The molecular formula is C36H53N5O7S. The van der Waals surface area contributed by atoms with Crippen molar-refractivity contribution in [3.05, 3.63) is 52.0 Å². The number of hydrogen-bond acceptors (Lipinski definition) is 10. The SMILES string of the molecule is CNCCCC[C@@H](C)C(=O)N[C@H](C(=O)N(C)[C@H](C[C@@H](OC(C)=O)c1nc(C(=O)N[C@@H](Cc2ccccc2)C(=O)OC)cs1)C(C)C)C1CC1. The molecule has 1 aromatic heterocycles. The largest absolute Gasteiger partial charge is 0.467 e. The van der Waals surface area contributed by atoms with E-state index in [4.69, 9.17) is 9.47 Å². The zero-order valence-electron chi connectivity index (χ0n) is 29.8. The molecule has 5 atom stereocenters. The number of nitrogens with zero attached hydrogens (tertiary/aromatic N) is 2. The first-order chi connectivity index (χ1) is 23.4. The Balaban J connectivity index is 1.74. The molecule has 12 nitrogen and oxygen atoms in total. The fourth-order valence-electron chi connectivity index (χ4n) is 5.83. The monoisotopic (exact) mass is 699 g/mol. The highest BCUT2D eigenvalue weighted by atomic mass is 32.1. The van der Waals surface area contributed by atoms with E-state index >= 15 is 0 Å². The van der Waals surface area contributed by atoms with Gasteiger partial charge in [0.15, 0.2) is 6.10 Å². The summed E-state index contributed by atoms with van der Waals surface area (Å²) in [6, 6.07) is 7.34. The number of methoxy groups -OCH3 is 1. The van der Waals surface area contributed by atoms with E-state index in [1.54, 1.807) is 17.3 Å². The van der Waals surface area contributed by atoms with Crippen LogP contribution in [0.1, 0.15) is 93.4 Å².